The molecule has 0 saturated carbocycles. The van der Waals surface area contributed by atoms with Crippen LogP contribution >= 0.6 is 0 Å². The summed E-state index contributed by atoms with van der Waals surface area (Å²) in [6.45, 7) is 1.72. The van der Waals surface area contributed by atoms with Crippen molar-refractivity contribution in [2.75, 3.05) is 17.8 Å². The molecule has 0 fully saturated rings. The van der Waals surface area contributed by atoms with Crippen LogP contribution in [-0.4, -0.2) is 35.3 Å². The molecule has 0 aliphatic heterocycles. The summed E-state index contributed by atoms with van der Waals surface area (Å²) in [5, 5.41) is 0. The number of benzene rings is 1. The zero-order chi connectivity index (χ0) is 15.8. The number of rotatable bonds is 4. The molecule has 2 aromatic rings. The van der Waals surface area contributed by atoms with Crippen LogP contribution in [0.3, 0.4) is 0 Å². The van der Waals surface area contributed by atoms with Crippen molar-refractivity contribution in [3.05, 3.63) is 46.4 Å². The monoisotopic (exact) mass is 334 g/mol. The van der Waals surface area contributed by atoms with Crippen molar-refractivity contribution in [2.24, 2.45) is 7.05 Å². The predicted molar refractivity (Wildman–Crippen MR) is 80.6 cm³/mol. The number of hydrogen-bond donors (Lipinski definition) is 1. The van der Waals surface area contributed by atoms with Gasteiger partial charge < -0.3 is 4.90 Å². The normalized spacial score (nSPS) is 11.1. The van der Waals surface area contributed by atoms with Gasteiger partial charge in [-0.3, -0.25) is 14.0 Å². The Labute approximate surface area is 151 Å². The molecule has 0 amide bonds. The Kier molecular flexibility index (Phi) is 6.05. The van der Waals surface area contributed by atoms with Crippen LogP contribution in [0.1, 0.15) is 5.69 Å². The molecule has 0 unspecified atom stereocenters. The van der Waals surface area contributed by atoms with E-state index < -0.39 is 16.0 Å². The van der Waals surface area contributed by atoms with Crippen molar-refractivity contribution < 1.29 is 42.5 Å². The van der Waals surface area contributed by atoms with Gasteiger partial charge in [-0.05, 0) is 19.1 Å². The summed E-state index contributed by atoms with van der Waals surface area (Å²) in [7, 11) is -1.04. The molecule has 1 N–H and O–H groups in total. The first kappa shape index (κ1) is 19.0. The molecule has 0 aliphatic rings. The van der Waals surface area contributed by atoms with Gasteiger partial charge in [-0.1, -0.05) is 18.2 Å². The van der Waals surface area contributed by atoms with Gasteiger partial charge in [-0.2, -0.15) is 8.42 Å². The van der Waals surface area contributed by atoms with Gasteiger partial charge in [0.15, 0.2) is 0 Å². The first-order chi connectivity index (χ1) is 9.72. The summed E-state index contributed by atoms with van der Waals surface area (Å²) >= 11 is 0. The average Bonchev–Trinajstić information content (AvgIpc) is 2.59. The zero-order valence-corrected chi connectivity index (χ0v) is 15.8. The van der Waals surface area contributed by atoms with E-state index in [0.717, 1.165) is 0 Å². The third-order valence-corrected chi connectivity index (χ3v) is 3.98. The summed E-state index contributed by atoms with van der Waals surface area (Å²) < 4.78 is 34.0. The van der Waals surface area contributed by atoms with Gasteiger partial charge in [0.2, 0.25) is 0 Å². The number of nitrogens with zero attached hydrogens (tertiary/aromatic N) is 3. The van der Waals surface area contributed by atoms with Crippen LogP contribution < -0.4 is 40.0 Å². The molecule has 0 aliphatic carbocycles. The van der Waals surface area contributed by atoms with E-state index in [2.05, 4.69) is 0 Å². The van der Waals surface area contributed by atoms with E-state index >= 15 is 0 Å². The second kappa shape index (κ2) is 7.01. The summed E-state index contributed by atoms with van der Waals surface area (Å²) in [5.74, 6) is -0.637. The van der Waals surface area contributed by atoms with E-state index in [9.17, 15) is 13.2 Å². The number of anilines is 1. The van der Waals surface area contributed by atoms with Crippen LogP contribution in [0.5, 0.6) is 0 Å². The van der Waals surface area contributed by atoms with Crippen LogP contribution in [0.2, 0.25) is 0 Å². The molecule has 0 atom stereocenters. The van der Waals surface area contributed by atoms with Gasteiger partial charge in [-0.15, -0.1) is 0 Å². The Morgan fingerprint density at radius 2 is 1.77 bits per heavy atom. The molecule has 2 rings (SSSR count). The quantitative estimate of drug-likeness (QED) is 0.505. The largest absolute Gasteiger partial charge is 1.00 e. The fourth-order valence-electron chi connectivity index (χ4n) is 2.30. The minimum atomic E-state index is -4.20. The third-order valence-electron chi connectivity index (χ3n) is 3.26. The second-order valence-electron chi connectivity index (χ2n) is 4.82. The topological polar surface area (TPSA) is 84.5 Å². The Hall–Kier alpha value is -1.06. The van der Waals surface area contributed by atoms with E-state index in [4.69, 9.17) is 4.55 Å². The number of aromatic nitrogens is 2. The minimum Gasteiger partial charge on any atom is -0.353 e. The van der Waals surface area contributed by atoms with Crippen LogP contribution in [-0.2, 0) is 17.2 Å². The Balaban J connectivity index is 0.00000242. The zero-order valence-electron chi connectivity index (χ0n) is 13.0. The van der Waals surface area contributed by atoms with Crippen molar-refractivity contribution in [1.82, 2.24) is 9.36 Å². The Bertz CT molecular complexity index is 812. The van der Waals surface area contributed by atoms with Gasteiger partial charge in [0.1, 0.15) is 11.6 Å². The molecule has 0 bridgehead atoms. The molecule has 1 aromatic heterocycles. The van der Waals surface area contributed by atoms with Crippen LogP contribution in [0.4, 0.5) is 5.69 Å². The molecule has 1 aromatic carbocycles. The van der Waals surface area contributed by atoms with Gasteiger partial charge in [0.05, 0.1) is 11.4 Å². The smallest absolute Gasteiger partial charge is 0.353 e. The van der Waals surface area contributed by atoms with Crippen molar-refractivity contribution in [3.63, 3.8) is 0 Å². The summed E-state index contributed by atoms with van der Waals surface area (Å²) in [5.41, 5.74) is 1.18. The van der Waals surface area contributed by atoms with Crippen molar-refractivity contribution in [2.45, 2.75) is 6.92 Å². The van der Waals surface area contributed by atoms with E-state index in [1.165, 1.54) is 16.6 Å². The molecule has 7 nitrogen and oxygen atoms in total. The van der Waals surface area contributed by atoms with E-state index in [0.29, 0.717) is 11.4 Å². The van der Waals surface area contributed by atoms with Crippen molar-refractivity contribution in [1.29, 1.82) is 0 Å². The Morgan fingerprint density at radius 3 is 2.27 bits per heavy atom. The molecule has 22 heavy (non-hydrogen) atoms. The van der Waals surface area contributed by atoms with Gasteiger partial charge >= 0.3 is 29.6 Å². The summed E-state index contributed by atoms with van der Waals surface area (Å²) in [6.07, 6.45) is 0. The molecule has 1 heterocycles. The fraction of sp³-hybridized carbons (Fsp3) is 0.308. The third kappa shape index (κ3) is 3.82. The molecule has 0 radical (unpaired) electrons. The first-order valence-electron chi connectivity index (χ1n) is 6.22. The van der Waals surface area contributed by atoms with Gasteiger partial charge in [0, 0.05) is 14.1 Å². The van der Waals surface area contributed by atoms with Crippen molar-refractivity contribution in [3.8, 4) is 5.69 Å². The predicted octanol–water partition coefficient (Wildman–Crippen LogP) is -2.23. The molecule has 114 valence electrons. The maximum Gasteiger partial charge on any atom is 1.00 e. The first-order valence-corrected chi connectivity index (χ1v) is 7.83. The van der Waals surface area contributed by atoms with Crippen molar-refractivity contribution >= 4 is 15.8 Å². The SMILES string of the molecule is Cc1c(N(C)CS(=O)(=O)O)c(=O)n(-c2ccccc2)n1C.[Na+]. The standard InChI is InChI=1S/C13H17N3O4S.Na/c1-10-12(14(2)9-21(18,19)20)13(17)16(15(10)3)11-7-5-4-6-8-11;/h4-8H,9H2,1-3H3,(H,18,19,20);/q;+1. The molecular weight excluding hydrogens is 317 g/mol. The van der Waals surface area contributed by atoms with E-state index in [1.807, 2.05) is 18.2 Å². The summed E-state index contributed by atoms with van der Waals surface area (Å²) in [4.78, 5) is 13.8. The fourth-order valence-corrected chi connectivity index (χ4v) is 2.92. The Morgan fingerprint density at radius 1 is 1.23 bits per heavy atom. The molecule has 9 heteroatoms. The van der Waals surface area contributed by atoms with Gasteiger partial charge in [0.25, 0.3) is 15.7 Å². The van der Waals surface area contributed by atoms with Crippen LogP contribution in [0.15, 0.2) is 35.1 Å². The van der Waals surface area contributed by atoms with Crippen LogP contribution in [0, 0.1) is 6.92 Å². The molecular formula is C13H17N3NaO4S+. The summed E-state index contributed by atoms with van der Waals surface area (Å²) in [6, 6.07) is 9.04. The minimum absolute atomic E-state index is 0. The molecule has 0 saturated heterocycles. The number of hydrogen-bond acceptors (Lipinski definition) is 4. The van der Waals surface area contributed by atoms with Crippen LogP contribution in [0.25, 0.3) is 5.69 Å². The average molecular weight is 334 g/mol. The van der Waals surface area contributed by atoms with E-state index in [-0.39, 0.29) is 40.8 Å². The second-order valence-corrected chi connectivity index (χ2v) is 6.24. The van der Waals surface area contributed by atoms with Gasteiger partial charge in [-0.25, -0.2) is 4.68 Å². The maximum absolute atomic E-state index is 12.6. The van der Waals surface area contributed by atoms with E-state index in [1.54, 1.807) is 30.8 Å². The maximum atomic E-state index is 12.6. The number of para-hydroxylation sites is 1. The molecule has 0 spiro atoms.